The van der Waals surface area contributed by atoms with E-state index < -0.39 is 0 Å². The van der Waals surface area contributed by atoms with Crippen molar-refractivity contribution in [3.8, 4) is 23.0 Å². The predicted octanol–water partition coefficient (Wildman–Crippen LogP) is 4.81. The van der Waals surface area contributed by atoms with E-state index in [1.54, 1.807) is 54.7 Å². The van der Waals surface area contributed by atoms with Crippen LogP contribution in [0.25, 0.3) is 22.7 Å². The minimum atomic E-state index is -0.361. The third-order valence-electron chi connectivity index (χ3n) is 4.24. The maximum absolute atomic E-state index is 12.8. The molecule has 0 bridgehead atoms. The molecule has 4 rings (SSSR count). The maximum atomic E-state index is 12.8. The van der Waals surface area contributed by atoms with Crippen molar-refractivity contribution in [3.63, 3.8) is 0 Å². The number of methoxy groups -OCH3 is 2. The van der Waals surface area contributed by atoms with Crippen LogP contribution in [0.5, 0.6) is 11.5 Å². The molecular weight excluding hydrogens is 394 g/mol. The van der Waals surface area contributed by atoms with Crippen LogP contribution in [0.4, 0.5) is 5.69 Å². The fourth-order valence-electron chi connectivity index (χ4n) is 2.78. The number of anilines is 1. The average molecular weight is 410 g/mol. The maximum Gasteiger partial charge on any atom is 0.255 e. The van der Waals surface area contributed by atoms with Crippen LogP contribution in [-0.4, -0.2) is 30.1 Å². The zero-order valence-corrected chi connectivity index (χ0v) is 16.4. The first kappa shape index (κ1) is 18.8. The van der Waals surface area contributed by atoms with Crippen LogP contribution in [0.1, 0.15) is 10.4 Å². The number of hydrogen-bond acceptors (Lipinski definition) is 6. The van der Waals surface area contributed by atoms with E-state index in [0.717, 1.165) is 0 Å². The monoisotopic (exact) mass is 409 g/mol. The average Bonchev–Trinajstić information content (AvgIpc) is 3.19. The molecule has 4 aromatic rings. The van der Waals surface area contributed by atoms with Gasteiger partial charge in [-0.25, -0.2) is 4.98 Å². The summed E-state index contributed by atoms with van der Waals surface area (Å²) in [7, 11) is 3.04. The van der Waals surface area contributed by atoms with Crippen molar-refractivity contribution in [3.05, 3.63) is 65.3 Å². The summed E-state index contributed by atoms with van der Waals surface area (Å²) < 4.78 is 16.2. The largest absolute Gasteiger partial charge is 0.497 e. The van der Waals surface area contributed by atoms with Crippen molar-refractivity contribution in [1.82, 2.24) is 9.97 Å². The molecular formula is C21H16ClN3O4. The molecule has 0 radical (unpaired) electrons. The Morgan fingerprint density at radius 2 is 1.83 bits per heavy atom. The number of halogens is 1. The molecule has 2 heterocycles. The summed E-state index contributed by atoms with van der Waals surface area (Å²) in [5.74, 6) is 1.04. The molecule has 1 amide bonds. The molecule has 0 aliphatic heterocycles. The number of rotatable bonds is 5. The van der Waals surface area contributed by atoms with Gasteiger partial charge in [-0.1, -0.05) is 11.6 Å². The van der Waals surface area contributed by atoms with Crippen molar-refractivity contribution in [1.29, 1.82) is 0 Å². The summed E-state index contributed by atoms with van der Waals surface area (Å²) in [5.41, 5.74) is 2.53. The molecule has 0 spiro atoms. The number of carbonyl (C=O) groups is 1. The van der Waals surface area contributed by atoms with Gasteiger partial charge in [0.2, 0.25) is 5.89 Å². The molecule has 7 nitrogen and oxygen atoms in total. The number of aromatic nitrogens is 2. The number of nitrogens with one attached hydrogen (secondary N) is 1. The number of benzene rings is 2. The Bertz CT molecular complexity index is 1150. The molecule has 0 saturated carbocycles. The summed E-state index contributed by atoms with van der Waals surface area (Å²) in [6.45, 7) is 0. The second kappa shape index (κ2) is 7.81. The van der Waals surface area contributed by atoms with Crippen molar-refractivity contribution in [2.75, 3.05) is 19.5 Å². The number of nitrogens with zero attached hydrogens (tertiary/aromatic N) is 2. The van der Waals surface area contributed by atoms with E-state index in [2.05, 4.69) is 15.3 Å². The number of ether oxygens (including phenoxy) is 2. The summed E-state index contributed by atoms with van der Waals surface area (Å²) >= 11 is 6.28. The van der Waals surface area contributed by atoms with Crippen LogP contribution < -0.4 is 14.8 Å². The summed E-state index contributed by atoms with van der Waals surface area (Å²) in [6, 6.07) is 13.6. The van der Waals surface area contributed by atoms with E-state index in [-0.39, 0.29) is 5.91 Å². The van der Waals surface area contributed by atoms with Gasteiger partial charge in [0.25, 0.3) is 5.91 Å². The Kier molecular flexibility index (Phi) is 5.05. The molecule has 0 aliphatic rings. The van der Waals surface area contributed by atoms with E-state index in [0.29, 0.717) is 50.5 Å². The molecule has 2 aromatic carbocycles. The SMILES string of the molecule is COc1cc(OC)cc(C(=O)Nc2cc(-c3nc4ncccc4o3)ccc2Cl)c1. The molecule has 1 N–H and O–H groups in total. The molecule has 146 valence electrons. The highest BCUT2D eigenvalue weighted by atomic mass is 35.5. The second-order valence-corrected chi connectivity index (χ2v) is 6.50. The Morgan fingerprint density at radius 1 is 1.07 bits per heavy atom. The van der Waals surface area contributed by atoms with Crippen LogP contribution in [-0.2, 0) is 0 Å². The molecule has 0 fully saturated rings. The predicted molar refractivity (Wildman–Crippen MR) is 110 cm³/mol. The highest BCUT2D eigenvalue weighted by Crippen LogP contribution is 2.31. The van der Waals surface area contributed by atoms with Crippen molar-refractivity contribution < 1.29 is 18.7 Å². The minimum absolute atomic E-state index is 0.361. The van der Waals surface area contributed by atoms with Gasteiger partial charge in [0.05, 0.1) is 24.9 Å². The van der Waals surface area contributed by atoms with Gasteiger partial charge >= 0.3 is 0 Å². The van der Waals surface area contributed by atoms with E-state index in [9.17, 15) is 4.79 Å². The van der Waals surface area contributed by atoms with Crippen LogP contribution in [0.2, 0.25) is 5.02 Å². The van der Waals surface area contributed by atoms with Gasteiger partial charge in [-0.05, 0) is 42.5 Å². The van der Waals surface area contributed by atoms with E-state index >= 15 is 0 Å². The van der Waals surface area contributed by atoms with Gasteiger partial charge in [0.1, 0.15) is 11.5 Å². The zero-order valence-electron chi connectivity index (χ0n) is 15.6. The van der Waals surface area contributed by atoms with Crippen LogP contribution in [0.15, 0.2) is 59.1 Å². The molecule has 0 saturated heterocycles. The van der Waals surface area contributed by atoms with Gasteiger partial charge in [-0.3, -0.25) is 4.79 Å². The van der Waals surface area contributed by atoms with Crippen LogP contribution >= 0.6 is 11.6 Å². The number of pyridine rings is 1. The standard InChI is InChI=1S/C21H16ClN3O4/c1-27-14-8-13(9-15(11-14)28-2)20(26)24-17-10-12(5-6-16(17)22)21-25-19-18(29-21)4-3-7-23-19/h3-11H,1-2H3,(H,24,26). The van der Waals surface area contributed by atoms with E-state index in [1.165, 1.54) is 14.2 Å². The lowest BCUT2D eigenvalue weighted by Gasteiger charge is -2.11. The quantitative estimate of drug-likeness (QED) is 0.509. The highest BCUT2D eigenvalue weighted by molar-refractivity contribution is 6.34. The molecule has 0 aliphatic carbocycles. The summed E-state index contributed by atoms with van der Waals surface area (Å²) in [4.78, 5) is 21.3. The first-order valence-corrected chi connectivity index (χ1v) is 9.01. The lowest BCUT2D eigenvalue weighted by molar-refractivity contribution is 0.102. The molecule has 8 heteroatoms. The van der Waals surface area contributed by atoms with Crippen LogP contribution in [0.3, 0.4) is 0 Å². The Morgan fingerprint density at radius 3 is 2.52 bits per heavy atom. The van der Waals surface area contributed by atoms with Gasteiger partial charge in [-0.15, -0.1) is 0 Å². The molecule has 2 aromatic heterocycles. The van der Waals surface area contributed by atoms with Gasteiger partial charge in [0, 0.05) is 23.4 Å². The minimum Gasteiger partial charge on any atom is -0.497 e. The number of oxazole rings is 1. The first-order valence-electron chi connectivity index (χ1n) is 8.63. The van der Waals surface area contributed by atoms with Crippen molar-refractivity contribution in [2.45, 2.75) is 0 Å². The summed E-state index contributed by atoms with van der Waals surface area (Å²) in [5, 5.41) is 3.19. The highest BCUT2D eigenvalue weighted by Gasteiger charge is 2.15. The van der Waals surface area contributed by atoms with Gasteiger partial charge in [0.15, 0.2) is 11.2 Å². The van der Waals surface area contributed by atoms with Crippen molar-refractivity contribution in [2.24, 2.45) is 0 Å². The lowest BCUT2D eigenvalue weighted by atomic mass is 10.1. The molecule has 0 atom stereocenters. The van der Waals surface area contributed by atoms with E-state index in [4.69, 9.17) is 25.5 Å². The Labute approximate surface area is 171 Å². The topological polar surface area (TPSA) is 86.5 Å². The number of hydrogen-bond donors (Lipinski definition) is 1. The fourth-order valence-corrected chi connectivity index (χ4v) is 2.94. The fraction of sp³-hybridized carbons (Fsp3) is 0.0952. The third kappa shape index (κ3) is 3.86. The number of carbonyl (C=O) groups excluding carboxylic acids is 1. The first-order chi connectivity index (χ1) is 14.1. The third-order valence-corrected chi connectivity index (χ3v) is 4.57. The van der Waals surface area contributed by atoms with Crippen LogP contribution in [0, 0.1) is 0 Å². The van der Waals surface area contributed by atoms with E-state index in [1.807, 2.05) is 0 Å². The Hall–Kier alpha value is -3.58. The smallest absolute Gasteiger partial charge is 0.255 e. The zero-order chi connectivity index (χ0) is 20.4. The number of amides is 1. The normalized spacial score (nSPS) is 10.7. The second-order valence-electron chi connectivity index (χ2n) is 6.09. The van der Waals surface area contributed by atoms with Gasteiger partial charge < -0.3 is 19.2 Å². The lowest BCUT2D eigenvalue weighted by Crippen LogP contribution is -2.12. The number of fused-ring (bicyclic) bond motifs is 1. The van der Waals surface area contributed by atoms with Crippen molar-refractivity contribution >= 4 is 34.4 Å². The summed E-state index contributed by atoms with van der Waals surface area (Å²) in [6.07, 6.45) is 1.64. The molecule has 0 unspecified atom stereocenters. The molecule has 29 heavy (non-hydrogen) atoms. The van der Waals surface area contributed by atoms with Gasteiger partial charge in [-0.2, -0.15) is 4.98 Å². The Balaban J connectivity index is 1.65.